The van der Waals surface area contributed by atoms with E-state index in [1.807, 2.05) is 35.2 Å². The fraction of sp³-hybridized carbons (Fsp3) is 0.500. The topological polar surface area (TPSA) is 29.5 Å². The molecule has 3 heteroatoms. The van der Waals surface area contributed by atoms with Gasteiger partial charge in [-0.05, 0) is 44.2 Å². The number of benzene rings is 1. The van der Waals surface area contributed by atoms with Crippen LogP contribution in [0.25, 0.3) is 0 Å². The lowest BCUT2D eigenvalue weighted by molar-refractivity contribution is 0.109. The van der Waals surface area contributed by atoms with Crippen LogP contribution in [0.5, 0.6) is 5.75 Å². The van der Waals surface area contributed by atoms with E-state index in [0.717, 1.165) is 25.7 Å². The molecule has 0 aromatic heterocycles. The van der Waals surface area contributed by atoms with Crippen LogP contribution in [0.15, 0.2) is 30.3 Å². The molecule has 1 amide bonds. The standard InChI is InChI=1S/C14H17NO2/c16-14(17-13-7-2-1-3-8-13)15-11-5-4-6-12(15)10-9-11/h1-3,7-8,11-12H,4-6,9-10H2/t11-,12-/m1/s1. The Labute approximate surface area is 101 Å². The summed E-state index contributed by atoms with van der Waals surface area (Å²) < 4.78 is 5.42. The van der Waals surface area contributed by atoms with E-state index in [1.54, 1.807) is 0 Å². The number of nitrogens with zero attached hydrogens (tertiary/aromatic N) is 1. The molecule has 1 aromatic carbocycles. The summed E-state index contributed by atoms with van der Waals surface area (Å²) in [5.41, 5.74) is 0. The number of carbonyl (C=O) groups excluding carboxylic acids is 1. The molecule has 0 spiro atoms. The average Bonchev–Trinajstić information content (AvgIpc) is 2.61. The summed E-state index contributed by atoms with van der Waals surface area (Å²) in [6.07, 6.45) is 5.66. The summed E-state index contributed by atoms with van der Waals surface area (Å²) in [5.74, 6) is 0.641. The highest BCUT2D eigenvalue weighted by Gasteiger charge is 2.40. The monoisotopic (exact) mass is 231 g/mol. The molecule has 17 heavy (non-hydrogen) atoms. The van der Waals surface area contributed by atoms with Crippen LogP contribution in [-0.4, -0.2) is 23.1 Å². The molecule has 2 aliphatic heterocycles. The third-order valence-corrected chi connectivity index (χ3v) is 3.85. The molecule has 2 atom stereocenters. The lowest BCUT2D eigenvalue weighted by Crippen LogP contribution is -2.45. The number of amides is 1. The lowest BCUT2D eigenvalue weighted by Gasteiger charge is -2.33. The van der Waals surface area contributed by atoms with Crippen LogP contribution in [0.1, 0.15) is 32.1 Å². The maximum absolute atomic E-state index is 12.1. The Balaban J connectivity index is 1.71. The molecule has 90 valence electrons. The minimum Gasteiger partial charge on any atom is -0.410 e. The lowest BCUT2D eigenvalue weighted by atomic mass is 10.0. The van der Waals surface area contributed by atoms with Crippen LogP contribution < -0.4 is 4.74 Å². The summed E-state index contributed by atoms with van der Waals surface area (Å²) in [6, 6.07) is 10.2. The molecule has 0 N–H and O–H groups in total. The molecule has 3 rings (SSSR count). The van der Waals surface area contributed by atoms with Gasteiger partial charge in [0.1, 0.15) is 5.75 Å². The molecule has 0 unspecified atom stereocenters. The SMILES string of the molecule is O=C(Oc1ccccc1)N1[C@@H]2CCC[C@@H]1CC2. The molecule has 0 saturated carbocycles. The Kier molecular flexibility index (Phi) is 2.75. The molecule has 2 bridgehead atoms. The highest BCUT2D eigenvalue weighted by molar-refractivity contribution is 5.72. The summed E-state index contributed by atoms with van der Waals surface area (Å²) in [6.45, 7) is 0. The van der Waals surface area contributed by atoms with E-state index in [1.165, 1.54) is 6.42 Å². The first kappa shape index (κ1) is 10.6. The van der Waals surface area contributed by atoms with Gasteiger partial charge in [-0.25, -0.2) is 4.79 Å². The van der Waals surface area contributed by atoms with Crippen LogP contribution in [0, 0.1) is 0 Å². The van der Waals surface area contributed by atoms with Crippen LogP contribution in [0.4, 0.5) is 4.79 Å². The van der Waals surface area contributed by atoms with Gasteiger partial charge in [-0.15, -0.1) is 0 Å². The van der Waals surface area contributed by atoms with E-state index in [4.69, 9.17) is 4.74 Å². The van der Waals surface area contributed by atoms with Gasteiger partial charge < -0.3 is 9.64 Å². The van der Waals surface area contributed by atoms with Crippen LogP contribution >= 0.6 is 0 Å². The van der Waals surface area contributed by atoms with Crippen molar-refractivity contribution in [3.63, 3.8) is 0 Å². The Morgan fingerprint density at radius 2 is 1.71 bits per heavy atom. The molecular weight excluding hydrogens is 214 g/mol. The van der Waals surface area contributed by atoms with Gasteiger partial charge in [0.25, 0.3) is 0 Å². The van der Waals surface area contributed by atoms with Gasteiger partial charge in [0, 0.05) is 12.1 Å². The Morgan fingerprint density at radius 3 is 2.35 bits per heavy atom. The summed E-state index contributed by atoms with van der Waals surface area (Å²) in [7, 11) is 0. The minimum atomic E-state index is -0.164. The van der Waals surface area contributed by atoms with Gasteiger partial charge in [-0.2, -0.15) is 0 Å². The second kappa shape index (κ2) is 4.40. The van der Waals surface area contributed by atoms with Crippen molar-refractivity contribution in [2.75, 3.05) is 0 Å². The zero-order valence-electron chi connectivity index (χ0n) is 9.84. The van der Waals surface area contributed by atoms with Crippen LogP contribution in [0.2, 0.25) is 0 Å². The fourth-order valence-electron chi connectivity index (χ4n) is 3.06. The van der Waals surface area contributed by atoms with E-state index >= 15 is 0 Å². The van der Waals surface area contributed by atoms with E-state index in [0.29, 0.717) is 17.8 Å². The molecule has 1 aromatic rings. The van der Waals surface area contributed by atoms with E-state index in [-0.39, 0.29) is 6.09 Å². The van der Waals surface area contributed by atoms with Gasteiger partial charge >= 0.3 is 6.09 Å². The summed E-state index contributed by atoms with van der Waals surface area (Å²) >= 11 is 0. The summed E-state index contributed by atoms with van der Waals surface area (Å²) in [4.78, 5) is 14.1. The van der Waals surface area contributed by atoms with E-state index in [2.05, 4.69) is 0 Å². The van der Waals surface area contributed by atoms with Gasteiger partial charge in [-0.1, -0.05) is 18.2 Å². The normalized spacial score (nSPS) is 26.9. The van der Waals surface area contributed by atoms with Crippen LogP contribution in [0.3, 0.4) is 0 Å². The van der Waals surface area contributed by atoms with Crippen molar-refractivity contribution in [3.8, 4) is 5.75 Å². The van der Waals surface area contributed by atoms with Crippen molar-refractivity contribution in [1.29, 1.82) is 0 Å². The molecule has 2 heterocycles. The van der Waals surface area contributed by atoms with Gasteiger partial charge in [-0.3, -0.25) is 0 Å². The van der Waals surface area contributed by atoms with Gasteiger partial charge in [0.15, 0.2) is 0 Å². The highest BCUT2D eigenvalue weighted by atomic mass is 16.6. The number of rotatable bonds is 1. The van der Waals surface area contributed by atoms with E-state index in [9.17, 15) is 4.79 Å². The Bertz CT molecular complexity index is 388. The molecule has 2 aliphatic rings. The maximum Gasteiger partial charge on any atom is 0.415 e. The molecule has 3 nitrogen and oxygen atoms in total. The number of piperidine rings is 1. The zero-order valence-corrected chi connectivity index (χ0v) is 9.84. The third kappa shape index (κ3) is 2.02. The van der Waals surface area contributed by atoms with Crippen molar-refractivity contribution in [2.45, 2.75) is 44.2 Å². The quantitative estimate of drug-likeness (QED) is 0.742. The van der Waals surface area contributed by atoms with Crippen molar-refractivity contribution in [1.82, 2.24) is 4.90 Å². The Morgan fingerprint density at radius 1 is 1.06 bits per heavy atom. The molecular formula is C14H17NO2. The second-order valence-corrected chi connectivity index (χ2v) is 4.90. The molecule has 0 aliphatic carbocycles. The number of para-hydroxylation sites is 1. The first-order valence-corrected chi connectivity index (χ1v) is 6.40. The predicted octanol–water partition coefficient (Wildman–Crippen LogP) is 3.20. The first-order chi connectivity index (χ1) is 8.34. The van der Waals surface area contributed by atoms with E-state index < -0.39 is 0 Å². The number of hydrogen-bond acceptors (Lipinski definition) is 2. The number of ether oxygens (including phenoxy) is 1. The smallest absolute Gasteiger partial charge is 0.410 e. The molecule has 2 fully saturated rings. The second-order valence-electron chi connectivity index (χ2n) is 4.90. The van der Waals surface area contributed by atoms with Gasteiger partial charge in [0.2, 0.25) is 0 Å². The minimum absolute atomic E-state index is 0.164. The van der Waals surface area contributed by atoms with Gasteiger partial charge in [0.05, 0.1) is 0 Å². The predicted molar refractivity (Wildman–Crippen MR) is 65.0 cm³/mol. The Hall–Kier alpha value is -1.51. The zero-order chi connectivity index (χ0) is 11.7. The largest absolute Gasteiger partial charge is 0.415 e. The number of carbonyl (C=O) groups is 1. The molecule has 2 saturated heterocycles. The van der Waals surface area contributed by atoms with Crippen molar-refractivity contribution < 1.29 is 9.53 Å². The first-order valence-electron chi connectivity index (χ1n) is 6.40. The average molecular weight is 231 g/mol. The highest BCUT2D eigenvalue weighted by Crippen LogP contribution is 2.35. The number of fused-ring (bicyclic) bond motifs is 2. The maximum atomic E-state index is 12.1. The van der Waals surface area contributed by atoms with Crippen molar-refractivity contribution in [2.24, 2.45) is 0 Å². The third-order valence-electron chi connectivity index (χ3n) is 3.85. The molecule has 0 radical (unpaired) electrons. The van der Waals surface area contributed by atoms with Crippen molar-refractivity contribution in [3.05, 3.63) is 30.3 Å². The fourth-order valence-corrected chi connectivity index (χ4v) is 3.06. The summed E-state index contributed by atoms with van der Waals surface area (Å²) in [5, 5.41) is 0. The number of hydrogen-bond donors (Lipinski definition) is 0. The van der Waals surface area contributed by atoms with Crippen molar-refractivity contribution >= 4 is 6.09 Å². The van der Waals surface area contributed by atoms with Crippen LogP contribution in [-0.2, 0) is 0 Å².